The summed E-state index contributed by atoms with van der Waals surface area (Å²) in [5.41, 5.74) is 0. The first-order chi connectivity index (χ1) is 6.74. The summed E-state index contributed by atoms with van der Waals surface area (Å²) >= 11 is 2.19. The van der Waals surface area contributed by atoms with Crippen LogP contribution in [-0.2, 0) is 6.54 Å². The summed E-state index contributed by atoms with van der Waals surface area (Å²) in [6.45, 7) is 3.20. The second-order valence-electron chi connectivity index (χ2n) is 3.83. The van der Waals surface area contributed by atoms with Crippen LogP contribution in [0.1, 0.15) is 12.2 Å². The van der Waals surface area contributed by atoms with Crippen molar-refractivity contribution in [2.75, 3.05) is 20.1 Å². The van der Waals surface area contributed by atoms with Gasteiger partial charge in [-0.2, -0.15) is 0 Å². The van der Waals surface area contributed by atoms with Crippen molar-refractivity contribution in [3.8, 4) is 0 Å². The quantitative estimate of drug-likeness (QED) is 0.861. The Balaban J connectivity index is 1.77. The van der Waals surface area contributed by atoms with E-state index < -0.39 is 0 Å². The van der Waals surface area contributed by atoms with Crippen molar-refractivity contribution in [1.82, 2.24) is 10.2 Å². The SMILES string of the molecule is CN1CCC(NCc2ccc(I)o2)C1. The van der Waals surface area contributed by atoms with Gasteiger partial charge >= 0.3 is 0 Å². The fourth-order valence-electron chi connectivity index (χ4n) is 1.79. The standard InChI is InChI=1S/C10H15IN2O/c1-13-5-4-8(7-13)12-6-9-2-3-10(11)14-9/h2-3,8,12H,4-7H2,1H3. The molecule has 1 aromatic rings. The average molecular weight is 306 g/mol. The highest BCUT2D eigenvalue weighted by Gasteiger charge is 2.18. The molecule has 0 amide bonds. The van der Waals surface area contributed by atoms with E-state index in [0.29, 0.717) is 6.04 Å². The minimum atomic E-state index is 0.628. The van der Waals surface area contributed by atoms with Crippen LogP contribution in [0.5, 0.6) is 0 Å². The zero-order valence-corrected chi connectivity index (χ0v) is 10.5. The van der Waals surface area contributed by atoms with Gasteiger partial charge in [-0.3, -0.25) is 0 Å². The second kappa shape index (κ2) is 4.63. The summed E-state index contributed by atoms with van der Waals surface area (Å²) in [6, 6.07) is 4.66. The van der Waals surface area contributed by atoms with Gasteiger partial charge in [0.05, 0.1) is 6.54 Å². The molecule has 1 saturated heterocycles. The summed E-state index contributed by atoms with van der Waals surface area (Å²) in [4.78, 5) is 2.35. The van der Waals surface area contributed by atoms with E-state index in [2.05, 4.69) is 39.9 Å². The van der Waals surface area contributed by atoms with Crippen LogP contribution in [0, 0.1) is 3.77 Å². The molecule has 3 nitrogen and oxygen atoms in total. The van der Waals surface area contributed by atoms with Gasteiger partial charge < -0.3 is 14.6 Å². The lowest BCUT2D eigenvalue weighted by molar-refractivity contribution is 0.388. The number of furan rings is 1. The van der Waals surface area contributed by atoms with Gasteiger partial charge in [-0.25, -0.2) is 0 Å². The van der Waals surface area contributed by atoms with Crippen LogP contribution < -0.4 is 5.32 Å². The Kier molecular flexibility index (Phi) is 3.46. The average Bonchev–Trinajstić information content (AvgIpc) is 2.72. The number of hydrogen-bond acceptors (Lipinski definition) is 3. The van der Waals surface area contributed by atoms with Gasteiger partial charge in [0, 0.05) is 12.6 Å². The molecule has 0 aromatic carbocycles. The van der Waals surface area contributed by atoms with Gasteiger partial charge in [0.2, 0.25) is 0 Å². The van der Waals surface area contributed by atoms with E-state index >= 15 is 0 Å². The first-order valence-corrected chi connectivity index (χ1v) is 5.98. The van der Waals surface area contributed by atoms with Crippen molar-refractivity contribution in [2.45, 2.75) is 19.0 Å². The van der Waals surface area contributed by atoms with E-state index in [1.165, 1.54) is 13.0 Å². The molecule has 1 fully saturated rings. The lowest BCUT2D eigenvalue weighted by atomic mass is 10.2. The molecule has 1 aliphatic heterocycles. The fourth-order valence-corrected chi connectivity index (χ4v) is 2.26. The van der Waals surface area contributed by atoms with E-state index in [1.54, 1.807) is 0 Å². The lowest BCUT2D eigenvalue weighted by Crippen LogP contribution is -2.30. The van der Waals surface area contributed by atoms with Crippen molar-refractivity contribution in [1.29, 1.82) is 0 Å². The molecule has 1 aliphatic rings. The Morgan fingerprint density at radius 3 is 3.07 bits per heavy atom. The molecule has 0 bridgehead atoms. The highest BCUT2D eigenvalue weighted by atomic mass is 127. The molecule has 0 spiro atoms. The predicted octanol–water partition coefficient (Wildman–Crippen LogP) is 1.68. The van der Waals surface area contributed by atoms with Crippen molar-refractivity contribution < 1.29 is 4.42 Å². The molecule has 1 aromatic heterocycles. The van der Waals surface area contributed by atoms with E-state index in [9.17, 15) is 0 Å². The largest absolute Gasteiger partial charge is 0.454 e. The molecule has 2 rings (SSSR count). The monoisotopic (exact) mass is 306 g/mol. The first-order valence-electron chi connectivity index (χ1n) is 4.90. The Hall–Kier alpha value is -0.0700. The molecule has 0 saturated carbocycles. The number of likely N-dealkylation sites (tertiary alicyclic amines) is 1. The van der Waals surface area contributed by atoms with Crippen LogP contribution in [0.25, 0.3) is 0 Å². The summed E-state index contributed by atoms with van der Waals surface area (Å²) < 4.78 is 6.44. The van der Waals surface area contributed by atoms with Crippen LogP contribution in [-0.4, -0.2) is 31.1 Å². The Morgan fingerprint density at radius 1 is 1.64 bits per heavy atom. The Morgan fingerprint density at radius 2 is 2.50 bits per heavy atom. The van der Waals surface area contributed by atoms with Crippen molar-refractivity contribution >= 4 is 22.6 Å². The molecule has 0 radical (unpaired) electrons. The fraction of sp³-hybridized carbons (Fsp3) is 0.600. The number of likely N-dealkylation sites (N-methyl/N-ethyl adjacent to an activating group) is 1. The minimum Gasteiger partial charge on any atom is -0.454 e. The third-order valence-electron chi connectivity index (χ3n) is 2.59. The van der Waals surface area contributed by atoms with Crippen LogP contribution in [0.2, 0.25) is 0 Å². The van der Waals surface area contributed by atoms with Crippen LogP contribution >= 0.6 is 22.6 Å². The Labute approximate surface area is 98.0 Å². The van der Waals surface area contributed by atoms with Gasteiger partial charge in [-0.15, -0.1) is 0 Å². The highest BCUT2D eigenvalue weighted by Crippen LogP contribution is 2.11. The summed E-state index contributed by atoms with van der Waals surface area (Å²) in [5, 5.41) is 3.50. The maximum atomic E-state index is 5.48. The van der Waals surface area contributed by atoms with Crippen molar-refractivity contribution in [3.05, 3.63) is 21.7 Å². The topological polar surface area (TPSA) is 28.4 Å². The number of rotatable bonds is 3. The summed E-state index contributed by atoms with van der Waals surface area (Å²) in [7, 11) is 2.16. The third-order valence-corrected chi connectivity index (χ3v) is 3.16. The second-order valence-corrected chi connectivity index (χ2v) is 4.90. The summed E-state index contributed by atoms with van der Waals surface area (Å²) in [6.07, 6.45) is 1.24. The minimum absolute atomic E-state index is 0.628. The number of halogens is 1. The first kappa shape index (κ1) is 10.4. The van der Waals surface area contributed by atoms with Gasteiger partial charge in [-0.05, 0) is 54.7 Å². The van der Waals surface area contributed by atoms with E-state index in [1.807, 2.05) is 12.1 Å². The summed E-state index contributed by atoms with van der Waals surface area (Å²) in [5.74, 6) is 1.03. The van der Waals surface area contributed by atoms with Crippen LogP contribution in [0.4, 0.5) is 0 Å². The zero-order chi connectivity index (χ0) is 9.97. The molecule has 2 heterocycles. The van der Waals surface area contributed by atoms with E-state index in [-0.39, 0.29) is 0 Å². The normalized spacial score (nSPS) is 23.1. The third kappa shape index (κ3) is 2.71. The van der Waals surface area contributed by atoms with Crippen molar-refractivity contribution in [3.63, 3.8) is 0 Å². The van der Waals surface area contributed by atoms with Gasteiger partial charge in [0.25, 0.3) is 0 Å². The molecule has 4 heteroatoms. The van der Waals surface area contributed by atoms with Crippen LogP contribution in [0.3, 0.4) is 0 Å². The highest BCUT2D eigenvalue weighted by molar-refractivity contribution is 14.1. The van der Waals surface area contributed by atoms with Gasteiger partial charge in [0.15, 0.2) is 3.77 Å². The maximum Gasteiger partial charge on any atom is 0.164 e. The van der Waals surface area contributed by atoms with Gasteiger partial charge in [-0.1, -0.05) is 0 Å². The molecular weight excluding hydrogens is 291 g/mol. The molecule has 14 heavy (non-hydrogen) atoms. The van der Waals surface area contributed by atoms with Crippen molar-refractivity contribution in [2.24, 2.45) is 0 Å². The van der Waals surface area contributed by atoms with Crippen LogP contribution in [0.15, 0.2) is 16.5 Å². The molecule has 0 aliphatic carbocycles. The molecular formula is C10H15IN2O. The number of nitrogens with zero attached hydrogens (tertiary/aromatic N) is 1. The van der Waals surface area contributed by atoms with E-state index in [0.717, 1.165) is 22.6 Å². The number of nitrogens with one attached hydrogen (secondary N) is 1. The molecule has 78 valence electrons. The smallest absolute Gasteiger partial charge is 0.164 e. The van der Waals surface area contributed by atoms with Gasteiger partial charge in [0.1, 0.15) is 5.76 Å². The predicted molar refractivity (Wildman–Crippen MR) is 64.2 cm³/mol. The van der Waals surface area contributed by atoms with E-state index in [4.69, 9.17) is 4.42 Å². The Bertz CT molecular complexity index is 300. The zero-order valence-electron chi connectivity index (χ0n) is 8.29. The molecule has 1 unspecified atom stereocenters. The lowest BCUT2D eigenvalue weighted by Gasteiger charge is -2.11. The molecule has 1 N–H and O–H groups in total. The maximum absolute atomic E-state index is 5.48. The number of hydrogen-bond donors (Lipinski definition) is 1. The molecule has 1 atom stereocenters.